The van der Waals surface area contributed by atoms with Gasteiger partial charge in [-0.3, -0.25) is 4.79 Å². The number of aromatic nitrogens is 1. The van der Waals surface area contributed by atoms with Crippen LogP contribution in [0, 0.1) is 6.92 Å². The fourth-order valence-corrected chi connectivity index (χ4v) is 3.23. The molecule has 7 nitrogen and oxygen atoms in total. The summed E-state index contributed by atoms with van der Waals surface area (Å²) in [5, 5.41) is 5.84. The van der Waals surface area contributed by atoms with E-state index in [1.54, 1.807) is 6.07 Å². The van der Waals surface area contributed by atoms with Crippen LogP contribution in [0.15, 0.2) is 53.1 Å². The molecule has 1 unspecified atom stereocenters. The van der Waals surface area contributed by atoms with Crippen LogP contribution in [0.25, 0.3) is 0 Å². The van der Waals surface area contributed by atoms with E-state index in [0.717, 1.165) is 5.56 Å². The number of carbonyl (C=O) groups excluding carboxylic acids is 2. The van der Waals surface area contributed by atoms with Crippen molar-refractivity contribution in [2.24, 2.45) is 0 Å². The number of halogens is 2. The topological polar surface area (TPSA) is 90.7 Å². The predicted molar refractivity (Wildman–Crippen MR) is 101 cm³/mol. The highest BCUT2D eigenvalue weighted by molar-refractivity contribution is 6.06. The van der Waals surface area contributed by atoms with Gasteiger partial charge < -0.3 is 19.3 Å². The molecule has 30 heavy (non-hydrogen) atoms. The molecule has 4 rings (SSSR count). The fraction of sp³-hybridized carbons (Fsp3) is 0.190. The van der Waals surface area contributed by atoms with Gasteiger partial charge in [0.05, 0.1) is 5.56 Å². The van der Waals surface area contributed by atoms with E-state index in [4.69, 9.17) is 9.26 Å². The Morgan fingerprint density at radius 3 is 2.73 bits per heavy atom. The fourth-order valence-electron chi connectivity index (χ4n) is 3.23. The van der Waals surface area contributed by atoms with E-state index in [2.05, 4.69) is 15.2 Å². The largest absolute Gasteiger partial charge is 0.454 e. The number of aryl methyl sites for hydroxylation is 1. The molecule has 1 aliphatic heterocycles. The Morgan fingerprint density at radius 1 is 1.23 bits per heavy atom. The van der Waals surface area contributed by atoms with Crippen LogP contribution in [0.1, 0.15) is 43.7 Å². The molecule has 0 radical (unpaired) electrons. The van der Waals surface area contributed by atoms with E-state index >= 15 is 0 Å². The Morgan fingerprint density at radius 2 is 2.00 bits per heavy atom. The van der Waals surface area contributed by atoms with E-state index < -0.39 is 30.5 Å². The standard InChI is InChI=1S/C21H16F2N2O5/c1-11-17(19(25-30-11)29-21(22)23)24-18(26)13-7-8-15-14(9-13)10-16(28-20(15)27)12-5-3-2-4-6-12/h2-9,16,21H,10H2,1H3,(H,24,26). The Hall–Kier alpha value is -3.75. The molecule has 0 spiro atoms. The van der Waals surface area contributed by atoms with E-state index in [1.165, 1.54) is 19.1 Å². The maximum Gasteiger partial charge on any atom is 0.388 e. The van der Waals surface area contributed by atoms with Crippen LogP contribution >= 0.6 is 0 Å². The minimum Gasteiger partial charge on any atom is -0.454 e. The van der Waals surface area contributed by atoms with Crippen LogP contribution in [0.4, 0.5) is 14.5 Å². The second kappa shape index (κ2) is 7.94. The molecule has 154 valence electrons. The number of ether oxygens (including phenoxy) is 2. The number of nitrogens with one attached hydrogen (secondary N) is 1. The van der Waals surface area contributed by atoms with Gasteiger partial charge in [0.2, 0.25) is 0 Å². The molecule has 2 aromatic carbocycles. The monoisotopic (exact) mass is 414 g/mol. The molecular formula is C21H16F2N2O5. The van der Waals surface area contributed by atoms with Gasteiger partial charge in [-0.05, 0) is 41.4 Å². The van der Waals surface area contributed by atoms with Crippen LogP contribution in [0.5, 0.6) is 5.88 Å². The summed E-state index contributed by atoms with van der Waals surface area (Å²) in [6, 6.07) is 13.8. The number of benzene rings is 2. The molecule has 0 aliphatic carbocycles. The number of fused-ring (bicyclic) bond motifs is 1. The van der Waals surface area contributed by atoms with Crippen molar-refractivity contribution in [2.75, 3.05) is 5.32 Å². The first-order chi connectivity index (χ1) is 14.4. The summed E-state index contributed by atoms with van der Waals surface area (Å²) >= 11 is 0. The number of hydrogen-bond donors (Lipinski definition) is 1. The molecule has 2 heterocycles. The van der Waals surface area contributed by atoms with Crippen molar-refractivity contribution in [2.45, 2.75) is 26.1 Å². The van der Waals surface area contributed by atoms with E-state index in [9.17, 15) is 18.4 Å². The normalized spacial score (nSPS) is 15.5. The van der Waals surface area contributed by atoms with Crippen molar-refractivity contribution in [1.82, 2.24) is 5.16 Å². The number of alkyl halides is 2. The van der Waals surface area contributed by atoms with Gasteiger partial charge in [0.1, 0.15) is 11.8 Å². The summed E-state index contributed by atoms with van der Waals surface area (Å²) < 4.78 is 39.6. The van der Waals surface area contributed by atoms with Gasteiger partial charge >= 0.3 is 12.6 Å². The molecule has 0 saturated heterocycles. The number of carbonyl (C=O) groups is 2. The average Bonchev–Trinajstić information content (AvgIpc) is 3.07. The Bertz CT molecular complexity index is 1100. The minimum atomic E-state index is -3.12. The van der Waals surface area contributed by atoms with Crippen molar-refractivity contribution in [3.8, 4) is 5.88 Å². The maximum atomic E-state index is 12.7. The Balaban J connectivity index is 1.58. The lowest BCUT2D eigenvalue weighted by molar-refractivity contribution is -0.0541. The van der Waals surface area contributed by atoms with E-state index in [0.29, 0.717) is 17.5 Å². The highest BCUT2D eigenvalue weighted by Crippen LogP contribution is 2.32. The summed E-state index contributed by atoms with van der Waals surface area (Å²) in [6.45, 7) is -1.66. The van der Waals surface area contributed by atoms with Gasteiger partial charge in [0, 0.05) is 12.0 Å². The van der Waals surface area contributed by atoms with Gasteiger partial charge in [-0.25, -0.2) is 4.79 Å². The third-order valence-corrected chi connectivity index (χ3v) is 4.68. The first kappa shape index (κ1) is 19.6. The van der Waals surface area contributed by atoms with Crippen molar-refractivity contribution >= 4 is 17.6 Å². The molecule has 0 bridgehead atoms. The predicted octanol–water partition coefficient (Wildman–Crippen LogP) is 4.29. The molecule has 0 fully saturated rings. The zero-order valence-corrected chi connectivity index (χ0v) is 15.7. The number of rotatable bonds is 5. The highest BCUT2D eigenvalue weighted by atomic mass is 19.3. The lowest BCUT2D eigenvalue weighted by atomic mass is 9.93. The first-order valence-corrected chi connectivity index (χ1v) is 9.03. The third kappa shape index (κ3) is 3.86. The quantitative estimate of drug-likeness (QED) is 0.627. The molecule has 1 atom stereocenters. The molecule has 3 aromatic rings. The van der Waals surface area contributed by atoms with Crippen molar-refractivity contribution in [1.29, 1.82) is 0 Å². The maximum absolute atomic E-state index is 12.7. The van der Waals surface area contributed by atoms with Crippen LogP contribution in [0.2, 0.25) is 0 Å². The average molecular weight is 414 g/mol. The highest BCUT2D eigenvalue weighted by Gasteiger charge is 2.28. The smallest absolute Gasteiger partial charge is 0.388 e. The lowest BCUT2D eigenvalue weighted by Crippen LogP contribution is -2.23. The number of anilines is 1. The molecule has 1 aromatic heterocycles. The van der Waals surface area contributed by atoms with Gasteiger partial charge in [-0.1, -0.05) is 30.3 Å². The second-order valence-electron chi connectivity index (χ2n) is 6.63. The number of esters is 1. The zero-order chi connectivity index (χ0) is 21.3. The summed E-state index contributed by atoms with van der Waals surface area (Å²) in [5.41, 5.74) is 2.03. The van der Waals surface area contributed by atoms with Crippen molar-refractivity contribution < 1.29 is 32.4 Å². The van der Waals surface area contributed by atoms with Crippen LogP contribution in [0.3, 0.4) is 0 Å². The molecule has 9 heteroatoms. The zero-order valence-electron chi connectivity index (χ0n) is 15.7. The van der Waals surface area contributed by atoms with Crippen molar-refractivity contribution in [3.63, 3.8) is 0 Å². The summed E-state index contributed by atoms with van der Waals surface area (Å²) in [5.74, 6) is -1.45. The summed E-state index contributed by atoms with van der Waals surface area (Å²) in [4.78, 5) is 25.0. The molecular weight excluding hydrogens is 398 g/mol. The number of amides is 1. The number of nitrogens with zero attached hydrogens (tertiary/aromatic N) is 1. The van der Waals surface area contributed by atoms with E-state index in [-0.39, 0.29) is 17.0 Å². The van der Waals surface area contributed by atoms with Gasteiger partial charge in [-0.15, -0.1) is 0 Å². The summed E-state index contributed by atoms with van der Waals surface area (Å²) in [6.07, 6.45) is -0.0611. The van der Waals surface area contributed by atoms with Crippen LogP contribution < -0.4 is 10.1 Å². The minimum absolute atomic E-state index is 0.0837. The lowest BCUT2D eigenvalue weighted by Gasteiger charge is -2.25. The third-order valence-electron chi connectivity index (χ3n) is 4.68. The molecule has 1 aliphatic rings. The van der Waals surface area contributed by atoms with Gasteiger partial charge in [0.25, 0.3) is 11.8 Å². The van der Waals surface area contributed by atoms with Crippen LogP contribution in [-0.2, 0) is 11.2 Å². The SMILES string of the molecule is Cc1onc(OC(F)F)c1NC(=O)c1ccc2c(c1)CC(c1ccccc1)OC2=O. The van der Waals surface area contributed by atoms with Crippen LogP contribution in [-0.4, -0.2) is 23.6 Å². The molecule has 1 N–H and O–H groups in total. The first-order valence-electron chi connectivity index (χ1n) is 9.03. The summed E-state index contributed by atoms with van der Waals surface area (Å²) in [7, 11) is 0. The Kier molecular flexibility index (Phi) is 5.18. The Labute approximate surface area is 169 Å². The van der Waals surface area contributed by atoms with E-state index in [1.807, 2.05) is 30.3 Å². The van der Waals surface area contributed by atoms with Gasteiger partial charge in [0.15, 0.2) is 5.76 Å². The number of cyclic esters (lactones) is 1. The second-order valence-corrected chi connectivity index (χ2v) is 6.63. The molecule has 0 saturated carbocycles. The molecule has 1 amide bonds. The van der Waals surface area contributed by atoms with Gasteiger partial charge in [-0.2, -0.15) is 8.78 Å². The van der Waals surface area contributed by atoms with Crippen molar-refractivity contribution in [3.05, 3.63) is 76.5 Å². The number of hydrogen-bond acceptors (Lipinski definition) is 6.